The van der Waals surface area contributed by atoms with Gasteiger partial charge in [0.25, 0.3) is 0 Å². The van der Waals surface area contributed by atoms with Crippen LogP contribution in [0.15, 0.2) is 0 Å². The van der Waals surface area contributed by atoms with Crippen LogP contribution in [0.2, 0.25) is 0 Å². The molecule has 0 aromatic carbocycles. The minimum atomic E-state index is -0.821. The standard InChI is InChI=1S/C7H9NO2S.Li.H/c1-4-5(2)11-6(8-4)3-7(9)10;;/h3H2,1-2H3,(H,9,10);;/q;+1;-1. The summed E-state index contributed by atoms with van der Waals surface area (Å²) >= 11 is 1.45. The molecule has 0 atom stereocenters. The van der Waals surface area contributed by atoms with Gasteiger partial charge in [0.1, 0.15) is 5.01 Å². The van der Waals surface area contributed by atoms with E-state index in [1.165, 1.54) is 11.3 Å². The smallest absolute Gasteiger partial charge is 1.00 e. The van der Waals surface area contributed by atoms with Crippen LogP contribution in [-0.4, -0.2) is 16.1 Å². The van der Waals surface area contributed by atoms with Crippen LogP contribution >= 0.6 is 11.3 Å². The van der Waals surface area contributed by atoms with E-state index in [1.807, 2.05) is 13.8 Å². The number of hydrogen-bond donors (Lipinski definition) is 1. The zero-order valence-electron chi connectivity index (χ0n) is 8.42. The molecule has 0 amide bonds. The Kier molecular flexibility index (Phi) is 4.54. The van der Waals surface area contributed by atoms with Crippen molar-refractivity contribution < 1.29 is 30.2 Å². The fourth-order valence-corrected chi connectivity index (χ4v) is 1.67. The molecular formula is C7H10LiNO2S. The molecular weight excluding hydrogens is 169 g/mol. The predicted molar refractivity (Wildman–Crippen MR) is 44.0 cm³/mol. The monoisotopic (exact) mass is 179 g/mol. The number of rotatable bonds is 2. The Balaban J connectivity index is 0. The summed E-state index contributed by atoms with van der Waals surface area (Å²) in [7, 11) is 0. The molecule has 0 aliphatic rings. The third kappa shape index (κ3) is 2.98. The normalized spacial score (nSPS) is 9.17. The first kappa shape index (κ1) is 11.7. The van der Waals surface area contributed by atoms with Crippen molar-refractivity contribution in [3.05, 3.63) is 15.6 Å². The van der Waals surface area contributed by atoms with Gasteiger partial charge in [0.15, 0.2) is 0 Å². The maximum Gasteiger partial charge on any atom is 1.00 e. The summed E-state index contributed by atoms with van der Waals surface area (Å²) in [6, 6.07) is 0. The molecule has 5 heteroatoms. The Labute approximate surface area is 88.5 Å². The third-order valence-electron chi connectivity index (χ3n) is 1.38. The van der Waals surface area contributed by atoms with Crippen molar-refractivity contribution in [1.29, 1.82) is 0 Å². The molecule has 0 saturated heterocycles. The Bertz CT molecular complexity index is 271. The molecule has 1 aromatic heterocycles. The first-order valence-corrected chi connectivity index (χ1v) is 4.06. The quantitative estimate of drug-likeness (QED) is 0.562. The van der Waals surface area contributed by atoms with Gasteiger partial charge in [-0.1, -0.05) is 0 Å². The zero-order valence-corrected chi connectivity index (χ0v) is 8.23. The van der Waals surface area contributed by atoms with Gasteiger partial charge in [-0.15, -0.1) is 11.3 Å². The average Bonchev–Trinajstić information content (AvgIpc) is 2.10. The van der Waals surface area contributed by atoms with E-state index in [9.17, 15) is 4.79 Å². The maximum atomic E-state index is 10.3. The van der Waals surface area contributed by atoms with E-state index in [-0.39, 0.29) is 26.7 Å². The number of hydrogen-bond acceptors (Lipinski definition) is 3. The topological polar surface area (TPSA) is 50.2 Å². The summed E-state index contributed by atoms with van der Waals surface area (Å²) in [5.74, 6) is -0.821. The van der Waals surface area contributed by atoms with E-state index >= 15 is 0 Å². The van der Waals surface area contributed by atoms with Crippen LogP contribution < -0.4 is 18.9 Å². The van der Waals surface area contributed by atoms with E-state index < -0.39 is 5.97 Å². The molecule has 0 aliphatic carbocycles. The summed E-state index contributed by atoms with van der Waals surface area (Å²) in [6.07, 6.45) is 0.0410. The van der Waals surface area contributed by atoms with E-state index in [0.29, 0.717) is 5.01 Å². The van der Waals surface area contributed by atoms with Gasteiger partial charge in [-0.2, -0.15) is 0 Å². The van der Waals surface area contributed by atoms with Gasteiger partial charge in [0.2, 0.25) is 0 Å². The molecule has 1 aromatic rings. The van der Waals surface area contributed by atoms with Crippen LogP contribution in [-0.2, 0) is 11.2 Å². The molecule has 1 N–H and O–H groups in total. The first-order chi connectivity index (χ1) is 5.09. The second kappa shape index (κ2) is 4.66. The van der Waals surface area contributed by atoms with E-state index in [1.54, 1.807) is 0 Å². The van der Waals surface area contributed by atoms with E-state index in [0.717, 1.165) is 10.6 Å². The number of carboxylic acid groups (broad SMARTS) is 1. The number of nitrogens with zero attached hydrogens (tertiary/aromatic N) is 1. The van der Waals surface area contributed by atoms with Gasteiger partial charge in [0.05, 0.1) is 12.1 Å². The molecule has 0 unspecified atom stereocenters. The van der Waals surface area contributed by atoms with Gasteiger partial charge >= 0.3 is 24.8 Å². The Hall–Kier alpha value is -0.303. The van der Waals surface area contributed by atoms with Crippen LogP contribution in [0.5, 0.6) is 0 Å². The van der Waals surface area contributed by atoms with Crippen LogP contribution in [0.25, 0.3) is 0 Å². The molecule has 0 saturated carbocycles. The van der Waals surface area contributed by atoms with Gasteiger partial charge in [0, 0.05) is 4.88 Å². The van der Waals surface area contributed by atoms with Gasteiger partial charge in [-0.3, -0.25) is 4.79 Å². The fraction of sp³-hybridized carbons (Fsp3) is 0.429. The molecule has 1 heterocycles. The van der Waals surface area contributed by atoms with Crippen molar-refractivity contribution in [1.82, 2.24) is 4.98 Å². The minimum absolute atomic E-state index is 0. The van der Waals surface area contributed by atoms with Crippen LogP contribution in [0.4, 0.5) is 0 Å². The van der Waals surface area contributed by atoms with Gasteiger partial charge < -0.3 is 6.53 Å². The summed E-state index contributed by atoms with van der Waals surface area (Å²) in [4.78, 5) is 15.4. The molecule has 0 bridgehead atoms. The number of aromatic nitrogens is 1. The van der Waals surface area contributed by atoms with Crippen LogP contribution in [0.1, 0.15) is 17.0 Å². The molecule has 0 radical (unpaired) electrons. The number of aliphatic carboxylic acids is 1. The molecule has 0 fully saturated rings. The Morgan fingerprint density at radius 2 is 2.25 bits per heavy atom. The zero-order chi connectivity index (χ0) is 8.43. The molecule has 0 spiro atoms. The van der Waals surface area contributed by atoms with Crippen LogP contribution in [0.3, 0.4) is 0 Å². The summed E-state index contributed by atoms with van der Waals surface area (Å²) in [5.41, 5.74) is 0.936. The predicted octanol–water partition coefficient (Wildman–Crippen LogP) is -1.50. The number of carboxylic acids is 1. The number of thiazole rings is 1. The third-order valence-corrected chi connectivity index (χ3v) is 2.45. The molecule has 0 aliphatic heterocycles. The Morgan fingerprint density at radius 1 is 1.67 bits per heavy atom. The van der Waals surface area contributed by atoms with E-state index in [4.69, 9.17) is 5.11 Å². The van der Waals surface area contributed by atoms with Crippen molar-refractivity contribution in [2.45, 2.75) is 20.3 Å². The van der Waals surface area contributed by atoms with Crippen molar-refractivity contribution in [2.75, 3.05) is 0 Å². The van der Waals surface area contributed by atoms with Crippen molar-refractivity contribution in [3.63, 3.8) is 0 Å². The SMILES string of the molecule is Cc1nc(CC(=O)O)sc1C.[H-].[Li+]. The molecule has 62 valence electrons. The van der Waals surface area contributed by atoms with Gasteiger partial charge in [-0.25, -0.2) is 4.98 Å². The summed E-state index contributed by atoms with van der Waals surface area (Å²) < 4.78 is 0. The second-order valence-electron chi connectivity index (χ2n) is 2.32. The van der Waals surface area contributed by atoms with Crippen LogP contribution in [0, 0.1) is 13.8 Å². The van der Waals surface area contributed by atoms with Crippen molar-refractivity contribution in [2.24, 2.45) is 0 Å². The molecule has 3 nitrogen and oxygen atoms in total. The Morgan fingerprint density at radius 3 is 2.58 bits per heavy atom. The summed E-state index contributed by atoms with van der Waals surface area (Å²) in [5, 5.41) is 9.12. The number of carbonyl (C=O) groups is 1. The fourth-order valence-electron chi connectivity index (χ4n) is 0.744. The molecule has 12 heavy (non-hydrogen) atoms. The number of aryl methyl sites for hydroxylation is 2. The average molecular weight is 179 g/mol. The maximum absolute atomic E-state index is 10.3. The van der Waals surface area contributed by atoms with Crippen molar-refractivity contribution in [3.8, 4) is 0 Å². The van der Waals surface area contributed by atoms with E-state index in [2.05, 4.69) is 4.98 Å². The minimum Gasteiger partial charge on any atom is -1.00 e. The second-order valence-corrected chi connectivity index (χ2v) is 3.61. The van der Waals surface area contributed by atoms with Gasteiger partial charge in [-0.05, 0) is 13.8 Å². The molecule has 1 rings (SSSR count). The largest absolute Gasteiger partial charge is 1.00 e. The first-order valence-electron chi connectivity index (χ1n) is 3.24. The summed E-state index contributed by atoms with van der Waals surface area (Å²) in [6.45, 7) is 3.83. The van der Waals surface area contributed by atoms with Crippen molar-refractivity contribution >= 4 is 17.3 Å².